The minimum atomic E-state index is -3.80. The molecule has 1 atom stereocenters. The molecule has 1 aromatic carbocycles. The van der Waals surface area contributed by atoms with Crippen molar-refractivity contribution in [2.75, 3.05) is 19.7 Å². The molecule has 1 aliphatic heterocycles. The largest absolute Gasteiger partial charge is 0.465 e. The van der Waals surface area contributed by atoms with Crippen molar-refractivity contribution in [1.82, 2.24) is 19.4 Å². The van der Waals surface area contributed by atoms with E-state index in [0.29, 0.717) is 43.9 Å². The quantitative estimate of drug-likeness (QED) is 0.362. The third-order valence-electron chi connectivity index (χ3n) is 5.34. The van der Waals surface area contributed by atoms with E-state index in [9.17, 15) is 17.6 Å². The van der Waals surface area contributed by atoms with E-state index in [0.717, 1.165) is 17.7 Å². The lowest BCUT2D eigenvalue weighted by Gasteiger charge is -2.30. The predicted molar refractivity (Wildman–Crippen MR) is 115 cm³/mol. The number of halogens is 1. The van der Waals surface area contributed by atoms with Crippen LogP contribution in [0.4, 0.5) is 4.39 Å². The summed E-state index contributed by atoms with van der Waals surface area (Å²) in [6, 6.07) is 8.26. The number of piperidine rings is 1. The van der Waals surface area contributed by atoms with Crippen LogP contribution in [-0.2, 0) is 26.0 Å². The van der Waals surface area contributed by atoms with Crippen molar-refractivity contribution < 1.29 is 26.9 Å². The highest BCUT2D eigenvalue weighted by atomic mass is 32.2. The number of sulfonamides is 1. The molecule has 11 heteroatoms. The van der Waals surface area contributed by atoms with E-state index in [2.05, 4.69) is 15.1 Å². The number of rotatable bonds is 8. The molecule has 1 unspecified atom stereocenters. The Morgan fingerprint density at radius 3 is 2.82 bits per heavy atom. The second kappa shape index (κ2) is 10.2. The highest BCUT2D eigenvalue weighted by Gasteiger charge is 2.34. The zero-order valence-electron chi connectivity index (χ0n) is 17.8. The number of aryl methyl sites for hydroxylation is 1. The molecule has 2 aromatic heterocycles. The average Bonchev–Trinajstić information content (AvgIpc) is 3.32. The van der Waals surface area contributed by atoms with Gasteiger partial charge in [-0.15, -0.1) is 0 Å². The first-order chi connectivity index (χ1) is 15.9. The van der Waals surface area contributed by atoms with Gasteiger partial charge >= 0.3 is 5.97 Å². The van der Waals surface area contributed by atoms with Crippen LogP contribution in [0.15, 0.2) is 58.2 Å². The molecule has 1 fully saturated rings. The first kappa shape index (κ1) is 23.0. The zero-order valence-corrected chi connectivity index (χ0v) is 18.6. The van der Waals surface area contributed by atoms with E-state index in [1.165, 1.54) is 16.4 Å². The van der Waals surface area contributed by atoms with Crippen molar-refractivity contribution in [3.8, 4) is 11.4 Å². The molecule has 3 heterocycles. The van der Waals surface area contributed by atoms with Gasteiger partial charge in [0.1, 0.15) is 5.82 Å². The number of pyridine rings is 1. The second-order valence-electron chi connectivity index (χ2n) is 7.68. The maximum atomic E-state index is 13.1. The predicted octanol–water partition coefficient (Wildman–Crippen LogP) is 2.85. The van der Waals surface area contributed by atoms with Crippen molar-refractivity contribution in [3.05, 3.63) is 60.5 Å². The fourth-order valence-corrected chi connectivity index (χ4v) is 5.12. The molecule has 174 valence electrons. The fraction of sp³-hybridized carbons (Fsp3) is 0.364. The van der Waals surface area contributed by atoms with Gasteiger partial charge in [-0.2, -0.15) is 9.29 Å². The Kier molecular flexibility index (Phi) is 7.09. The van der Waals surface area contributed by atoms with Crippen molar-refractivity contribution >= 4 is 16.0 Å². The molecule has 1 saturated heterocycles. The maximum absolute atomic E-state index is 13.1. The number of hydrogen-bond donors (Lipinski definition) is 0. The highest BCUT2D eigenvalue weighted by Crippen LogP contribution is 2.25. The summed E-state index contributed by atoms with van der Waals surface area (Å²) >= 11 is 0. The van der Waals surface area contributed by atoms with Gasteiger partial charge in [-0.3, -0.25) is 9.78 Å². The molecule has 0 amide bonds. The standard InChI is InChI=1S/C22H23FN4O5S/c23-18-7-9-19(10-8-18)33(29,30)27-12-2-5-17(15-27)22(28)31-13-3-6-20-25-21(26-32-20)16-4-1-11-24-14-16/h1,4,7-11,14,17H,2-3,5-6,12-13,15H2. The van der Waals surface area contributed by atoms with Crippen LogP contribution in [-0.4, -0.2) is 53.5 Å². The molecule has 0 spiro atoms. The van der Waals surface area contributed by atoms with Crippen LogP contribution in [0.25, 0.3) is 11.4 Å². The van der Waals surface area contributed by atoms with E-state index in [-0.39, 0.29) is 18.0 Å². The van der Waals surface area contributed by atoms with E-state index in [1.54, 1.807) is 18.5 Å². The molecule has 3 aromatic rings. The minimum Gasteiger partial charge on any atom is -0.465 e. The summed E-state index contributed by atoms with van der Waals surface area (Å²) in [7, 11) is -3.80. The summed E-state index contributed by atoms with van der Waals surface area (Å²) in [4.78, 5) is 20.8. The molecule has 0 radical (unpaired) electrons. The molecule has 0 aliphatic carbocycles. The molecule has 0 saturated carbocycles. The van der Waals surface area contributed by atoms with Crippen molar-refractivity contribution in [2.24, 2.45) is 5.92 Å². The van der Waals surface area contributed by atoms with Gasteiger partial charge in [-0.05, 0) is 55.7 Å². The monoisotopic (exact) mass is 474 g/mol. The minimum absolute atomic E-state index is 0.00290. The summed E-state index contributed by atoms with van der Waals surface area (Å²) in [5, 5.41) is 3.92. The Labute approximate surface area is 190 Å². The maximum Gasteiger partial charge on any atom is 0.310 e. The zero-order chi connectivity index (χ0) is 23.3. The second-order valence-corrected chi connectivity index (χ2v) is 9.62. The summed E-state index contributed by atoms with van der Waals surface area (Å²) in [5.41, 5.74) is 0.747. The van der Waals surface area contributed by atoms with Crippen molar-refractivity contribution in [2.45, 2.75) is 30.6 Å². The van der Waals surface area contributed by atoms with Gasteiger partial charge in [0.05, 0.1) is 17.4 Å². The lowest BCUT2D eigenvalue weighted by Crippen LogP contribution is -2.42. The Balaban J connectivity index is 1.26. The number of benzene rings is 1. The van der Waals surface area contributed by atoms with E-state index < -0.39 is 27.7 Å². The first-order valence-corrected chi connectivity index (χ1v) is 12.0. The van der Waals surface area contributed by atoms with Crippen LogP contribution in [0.5, 0.6) is 0 Å². The highest BCUT2D eigenvalue weighted by molar-refractivity contribution is 7.89. The van der Waals surface area contributed by atoms with Crippen LogP contribution in [0.2, 0.25) is 0 Å². The van der Waals surface area contributed by atoms with E-state index in [4.69, 9.17) is 9.26 Å². The first-order valence-electron chi connectivity index (χ1n) is 10.6. The molecular weight excluding hydrogens is 451 g/mol. The average molecular weight is 475 g/mol. The molecule has 0 bridgehead atoms. The van der Waals surface area contributed by atoms with Gasteiger partial charge in [-0.1, -0.05) is 5.16 Å². The summed E-state index contributed by atoms with van der Waals surface area (Å²) in [5.74, 6) is -0.619. The van der Waals surface area contributed by atoms with Crippen LogP contribution in [0, 0.1) is 11.7 Å². The number of nitrogens with zero attached hydrogens (tertiary/aromatic N) is 4. The topological polar surface area (TPSA) is 115 Å². The van der Waals surface area contributed by atoms with Gasteiger partial charge in [0.15, 0.2) is 0 Å². The van der Waals surface area contributed by atoms with Crippen LogP contribution in [0.1, 0.15) is 25.2 Å². The number of carbonyl (C=O) groups is 1. The van der Waals surface area contributed by atoms with Gasteiger partial charge in [-0.25, -0.2) is 12.8 Å². The number of aromatic nitrogens is 3. The Hall–Kier alpha value is -3.18. The van der Waals surface area contributed by atoms with Gasteiger partial charge in [0.2, 0.25) is 21.7 Å². The van der Waals surface area contributed by atoms with Crippen LogP contribution in [0.3, 0.4) is 0 Å². The van der Waals surface area contributed by atoms with E-state index in [1.807, 2.05) is 6.07 Å². The Morgan fingerprint density at radius 1 is 1.24 bits per heavy atom. The third kappa shape index (κ3) is 5.60. The molecular formula is C22H23FN4O5S. The molecule has 33 heavy (non-hydrogen) atoms. The lowest BCUT2D eigenvalue weighted by atomic mass is 10.00. The number of carbonyl (C=O) groups excluding carboxylic acids is 1. The third-order valence-corrected chi connectivity index (χ3v) is 7.22. The summed E-state index contributed by atoms with van der Waals surface area (Å²) in [6.07, 6.45) is 5.31. The molecule has 1 aliphatic rings. The number of esters is 1. The van der Waals surface area contributed by atoms with Gasteiger partial charge < -0.3 is 9.26 Å². The van der Waals surface area contributed by atoms with Gasteiger partial charge in [0.25, 0.3) is 0 Å². The normalized spacial score (nSPS) is 17.1. The van der Waals surface area contributed by atoms with Crippen molar-refractivity contribution in [1.29, 1.82) is 0 Å². The van der Waals surface area contributed by atoms with Crippen LogP contribution >= 0.6 is 0 Å². The fourth-order valence-electron chi connectivity index (χ4n) is 3.59. The SMILES string of the molecule is O=C(OCCCc1nc(-c2cccnc2)no1)C1CCCN(S(=O)(=O)c2ccc(F)cc2)C1. The molecule has 4 rings (SSSR count). The molecule has 9 nitrogen and oxygen atoms in total. The van der Waals surface area contributed by atoms with Gasteiger partial charge in [0, 0.05) is 37.5 Å². The van der Waals surface area contributed by atoms with E-state index >= 15 is 0 Å². The summed E-state index contributed by atoms with van der Waals surface area (Å²) < 4.78 is 50.6. The number of hydrogen-bond acceptors (Lipinski definition) is 8. The smallest absolute Gasteiger partial charge is 0.310 e. The lowest BCUT2D eigenvalue weighted by molar-refractivity contribution is -0.149. The molecule has 0 N–H and O–H groups in total. The number of ether oxygens (including phenoxy) is 1. The Morgan fingerprint density at radius 2 is 2.06 bits per heavy atom. The Bertz CT molecular complexity index is 1190. The summed E-state index contributed by atoms with van der Waals surface area (Å²) in [6.45, 7) is 0.501. The van der Waals surface area contributed by atoms with Crippen molar-refractivity contribution in [3.63, 3.8) is 0 Å². The van der Waals surface area contributed by atoms with Crippen LogP contribution < -0.4 is 0 Å².